The Labute approximate surface area is 97.8 Å². The zero-order valence-corrected chi connectivity index (χ0v) is 9.89. The Morgan fingerprint density at radius 2 is 2.06 bits per heavy atom. The molecule has 0 bridgehead atoms. The van der Waals surface area contributed by atoms with Gasteiger partial charge in [-0.25, -0.2) is 17.9 Å². The molecule has 88 valence electrons. The number of benzene rings is 1. The molecule has 1 aromatic rings. The predicted molar refractivity (Wildman–Crippen MR) is 60.6 cm³/mol. The maximum atomic E-state index is 11.6. The van der Waals surface area contributed by atoms with Gasteiger partial charge in [-0.1, -0.05) is 11.6 Å². The van der Waals surface area contributed by atoms with Crippen LogP contribution in [0.2, 0.25) is 5.02 Å². The lowest BCUT2D eigenvalue weighted by molar-refractivity contribution is 0.248. The molecular weight excluding hydrogens is 254 g/mol. The van der Waals surface area contributed by atoms with Gasteiger partial charge in [0.05, 0.1) is 5.69 Å². The second kappa shape index (κ2) is 4.58. The zero-order chi connectivity index (χ0) is 12.3. The topological polar surface area (TPSA) is 101 Å². The maximum Gasteiger partial charge on any atom is 0.328 e. The van der Waals surface area contributed by atoms with E-state index in [1.807, 2.05) is 0 Å². The van der Waals surface area contributed by atoms with Gasteiger partial charge in [0.15, 0.2) is 0 Å². The molecule has 16 heavy (non-hydrogen) atoms. The minimum absolute atomic E-state index is 0.0242. The smallest absolute Gasteiger partial charge is 0.328 e. The predicted octanol–water partition coefficient (Wildman–Crippen LogP) is 0.540. The second-order valence-corrected chi connectivity index (χ2v) is 4.95. The molecule has 0 spiro atoms. The van der Waals surface area contributed by atoms with Crippen molar-refractivity contribution in [3.63, 3.8) is 0 Å². The Morgan fingerprint density at radius 3 is 2.56 bits per heavy atom. The summed E-state index contributed by atoms with van der Waals surface area (Å²) >= 11 is 5.63. The van der Waals surface area contributed by atoms with E-state index in [0.29, 0.717) is 5.02 Å². The normalized spacial score (nSPS) is 10.9. The first-order valence-electron chi connectivity index (χ1n) is 4.16. The number of rotatable bonds is 2. The SMILES string of the molecule is CNC(=O)NS(=O)(=O)c1ccc(Cl)cc1N. The lowest BCUT2D eigenvalue weighted by atomic mass is 10.3. The lowest BCUT2D eigenvalue weighted by Gasteiger charge is -2.08. The van der Waals surface area contributed by atoms with Crippen molar-refractivity contribution in [2.45, 2.75) is 4.90 Å². The highest BCUT2D eigenvalue weighted by atomic mass is 35.5. The monoisotopic (exact) mass is 263 g/mol. The van der Waals surface area contributed by atoms with Crippen LogP contribution in [-0.4, -0.2) is 21.5 Å². The van der Waals surface area contributed by atoms with Crippen molar-refractivity contribution >= 4 is 33.3 Å². The summed E-state index contributed by atoms with van der Waals surface area (Å²) in [6, 6.07) is 3.05. The quantitative estimate of drug-likeness (QED) is 0.678. The molecule has 0 aliphatic carbocycles. The number of nitrogens with one attached hydrogen (secondary N) is 2. The number of nitrogens with two attached hydrogens (primary N) is 1. The molecule has 0 saturated heterocycles. The Kier molecular flexibility index (Phi) is 3.61. The van der Waals surface area contributed by atoms with E-state index in [-0.39, 0.29) is 10.6 Å². The van der Waals surface area contributed by atoms with Gasteiger partial charge in [0.2, 0.25) is 0 Å². The van der Waals surface area contributed by atoms with E-state index < -0.39 is 16.1 Å². The molecule has 0 aromatic heterocycles. The van der Waals surface area contributed by atoms with Crippen molar-refractivity contribution in [2.24, 2.45) is 0 Å². The van der Waals surface area contributed by atoms with Crippen LogP contribution in [0.25, 0.3) is 0 Å². The van der Waals surface area contributed by atoms with Gasteiger partial charge in [0, 0.05) is 12.1 Å². The number of sulfonamides is 1. The van der Waals surface area contributed by atoms with Crippen LogP contribution in [0.15, 0.2) is 23.1 Å². The zero-order valence-electron chi connectivity index (χ0n) is 8.32. The molecule has 0 aliphatic heterocycles. The highest BCUT2D eigenvalue weighted by molar-refractivity contribution is 7.90. The van der Waals surface area contributed by atoms with Crippen LogP contribution in [-0.2, 0) is 10.0 Å². The number of halogens is 1. The third-order valence-electron chi connectivity index (χ3n) is 1.72. The fourth-order valence-corrected chi connectivity index (χ4v) is 2.25. The van der Waals surface area contributed by atoms with Crippen LogP contribution in [0.5, 0.6) is 0 Å². The molecule has 0 aliphatic rings. The first-order chi connectivity index (χ1) is 7.36. The van der Waals surface area contributed by atoms with Gasteiger partial charge in [0.25, 0.3) is 10.0 Å². The molecular formula is C8H10ClN3O3S. The first-order valence-corrected chi connectivity index (χ1v) is 6.02. The van der Waals surface area contributed by atoms with Gasteiger partial charge in [-0.05, 0) is 18.2 Å². The molecule has 6 nitrogen and oxygen atoms in total. The van der Waals surface area contributed by atoms with E-state index in [0.717, 1.165) is 0 Å². The summed E-state index contributed by atoms with van der Waals surface area (Å²) < 4.78 is 25.1. The summed E-state index contributed by atoms with van der Waals surface area (Å²) in [6.07, 6.45) is 0. The summed E-state index contributed by atoms with van der Waals surface area (Å²) in [5.41, 5.74) is 5.47. The molecule has 0 heterocycles. The third-order valence-corrected chi connectivity index (χ3v) is 3.36. The molecule has 4 N–H and O–H groups in total. The van der Waals surface area contributed by atoms with Crippen molar-refractivity contribution in [3.05, 3.63) is 23.2 Å². The Hall–Kier alpha value is -1.47. The summed E-state index contributed by atoms with van der Waals surface area (Å²) in [5.74, 6) is 0. The van der Waals surface area contributed by atoms with Crippen LogP contribution in [0.4, 0.5) is 10.5 Å². The van der Waals surface area contributed by atoms with E-state index >= 15 is 0 Å². The number of amides is 2. The van der Waals surface area contributed by atoms with E-state index in [4.69, 9.17) is 17.3 Å². The fourth-order valence-electron chi connectivity index (χ4n) is 0.992. The van der Waals surface area contributed by atoms with Gasteiger partial charge in [0.1, 0.15) is 4.90 Å². The van der Waals surface area contributed by atoms with Gasteiger partial charge in [-0.15, -0.1) is 0 Å². The van der Waals surface area contributed by atoms with Crippen molar-refractivity contribution in [3.8, 4) is 0 Å². The molecule has 1 rings (SSSR count). The summed E-state index contributed by atoms with van der Waals surface area (Å²) in [7, 11) is -2.66. The summed E-state index contributed by atoms with van der Waals surface area (Å²) in [5, 5.41) is 2.44. The van der Waals surface area contributed by atoms with Gasteiger partial charge < -0.3 is 11.1 Å². The molecule has 0 unspecified atom stereocenters. The number of hydrogen-bond acceptors (Lipinski definition) is 4. The molecule has 1 aromatic carbocycles. The fraction of sp³-hybridized carbons (Fsp3) is 0.125. The van der Waals surface area contributed by atoms with Crippen molar-refractivity contribution in [1.82, 2.24) is 10.0 Å². The number of hydrogen-bond donors (Lipinski definition) is 3. The molecule has 0 radical (unpaired) electrons. The Bertz CT molecular complexity index is 515. The molecule has 0 atom stereocenters. The van der Waals surface area contributed by atoms with E-state index in [1.54, 1.807) is 4.72 Å². The number of urea groups is 1. The minimum atomic E-state index is -3.96. The highest BCUT2D eigenvalue weighted by Crippen LogP contribution is 2.21. The highest BCUT2D eigenvalue weighted by Gasteiger charge is 2.19. The van der Waals surface area contributed by atoms with Crippen molar-refractivity contribution in [1.29, 1.82) is 0 Å². The van der Waals surface area contributed by atoms with Crippen LogP contribution >= 0.6 is 11.6 Å². The minimum Gasteiger partial charge on any atom is -0.398 e. The molecule has 2 amide bonds. The molecule has 0 saturated carbocycles. The Balaban J connectivity index is 3.13. The van der Waals surface area contributed by atoms with E-state index in [2.05, 4.69) is 5.32 Å². The second-order valence-electron chi connectivity index (χ2n) is 2.87. The van der Waals surface area contributed by atoms with E-state index in [1.165, 1.54) is 25.2 Å². The van der Waals surface area contributed by atoms with Crippen molar-refractivity contribution in [2.75, 3.05) is 12.8 Å². The average molecular weight is 264 g/mol. The van der Waals surface area contributed by atoms with Crippen LogP contribution < -0.4 is 15.8 Å². The van der Waals surface area contributed by atoms with Crippen LogP contribution in [0.1, 0.15) is 0 Å². The average Bonchev–Trinajstić information content (AvgIpc) is 2.16. The molecule has 8 heteroatoms. The summed E-state index contributed by atoms with van der Waals surface area (Å²) in [6.45, 7) is 0. The maximum absolute atomic E-state index is 11.6. The van der Waals surface area contributed by atoms with Gasteiger partial charge in [-0.3, -0.25) is 0 Å². The third kappa shape index (κ3) is 2.77. The summed E-state index contributed by atoms with van der Waals surface area (Å²) in [4.78, 5) is 10.7. The first kappa shape index (κ1) is 12.6. The Morgan fingerprint density at radius 1 is 1.44 bits per heavy atom. The number of anilines is 1. The molecule has 0 fully saturated rings. The number of nitrogen functional groups attached to an aromatic ring is 1. The van der Waals surface area contributed by atoms with Gasteiger partial charge >= 0.3 is 6.03 Å². The number of carbonyl (C=O) groups is 1. The van der Waals surface area contributed by atoms with Crippen LogP contribution in [0, 0.1) is 0 Å². The number of carbonyl (C=O) groups excluding carboxylic acids is 1. The van der Waals surface area contributed by atoms with Crippen LogP contribution in [0.3, 0.4) is 0 Å². The van der Waals surface area contributed by atoms with E-state index in [9.17, 15) is 13.2 Å². The standard InChI is InChI=1S/C8H10ClN3O3S/c1-11-8(13)12-16(14,15)7-3-2-5(9)4-6(7)10/h2-4H,10H2,1H3,(H2,11,12,13). The lowest BCUT2D eigenvalue weighted by Crippen LogP contribution is -2.37. The largest absolute Gasteiger partial charge is 0.398 e. The van der Waals surface area contributed by atoms with Crippen molar-refractivity contribution < 1.29 is 13.2 Å². The van der Waals surface area contributed by atoms with Gasteiger partial charge in [-0.2, -0.15) is 0 Å².